The Bertz CT molecular complexity index is 935. The zero-order chi connectivity index (χ0) is 20.4. The van der Waals surface area contributed by atoms with Crippen LogP contribution in [0.15, 0.2) is 61.2 Å². The molecule has 1 aliphatic carbocycles. The third-order valence-corrected chi connectivity index (χ3v) is 6.57. The van der Waals surface area contributed by atoms with E-state index in [2.05, 4.69) is 72.8 Å². The molecule has 1 saturated carbocycles. The summed E-state index contributed by atoms with van der Waals surface area (Å²) in [6, 6.07) is 15.1. The average Bonchev–Trinajstić information content (AvgIpc) is 3.23. The molecule has 1 aromatic heterocycles. The number of methoxy groups -OCH3 is 1. The van der Waals surface area contributed by atoms with E-state index in [0.717, 1.165) is 19.4 Å². The number of imidazole rings is 1. The third kappa shape index (κ3) is 4.24. The molecule has 0 spiro atoms. The van der Waals surface area contributed by atoms with Gasteiger partial charge < -0.3 is 14.0 Å². The number of aromatic nitrogens is 2. The lowest BCUT2D eigenvalue weighted by molar-refractivity contribution is -0.150. The Morgan fingerprint density at radius 1 is 1.17 bits per heavy atom. The summed E-state index contributed by atoms with van der Waals surface area (Å²) >= 11 is 0. The maximum absolute atomic E-state index is 6.70. The molecule has 4 heteroatoms. The highest BCUT2D eigenvalue weighted by atomic mass is 16.5. The van der Waals surface area contributed by atoms with Crippen LogP contribution in [0.1, 0.15) is 45.3 Å². The minimum Gasteiger partial charge on any atom is -0.380 e. The molecule has 0 amide bonds. The molecule has 0 radical (unpaired) electrons. The number of hydrogen-bond donors (Lipinski definition) is 0. The lowest BCUT2D eigenvalue weighted by Crippen LogP contribution is -2.50. The maximum Gasteiger partial charge on any atom is 0.0946 e. The molecule has 29 heavy (non-hydrogen) atoms. The number of ether oxygens (including phenoxy) is 2. The summed E-state index contributed by atoms with van der Waals surface area (Å²) in [6.45, 7) is 7.65. The lowest BCUT2D eigenvalue weighted by Gasteiger charge is -2.47. The van der Waals surface area contributed by atoms with Gasteiger partial charge in [-0.05, 0) is 47.6 Å². The Kier molecular flexibility index (Phi) is 5.75. The predicted molar refractivity (Wildman–Crippen MR) is 117 cm³/mol. The first-order valence-electron chi connectivity index (χ1n) is 10.6. The SMILES string of the molecule is COC1C(Cn2ccnc2)C(OC(C)c2ccc3ccccc3c2)CCC1(C)C. The van der Waals surface area contributed by atoms with Gasteiger partial charge in [0.1, 0.15) is 0 Å². The van der Waals surface area contributed by atoms with Gasteiger partial charge in [-0.2, -0.15) is 0 Å². The van der Waals surface area contributed by atoms with Gasteiger partial charge >= 0.3 is 0 Å². The highest BCUT2D eigenvalue weighted by molar-refractivity contribution is 5.83. The summed E-state index contributed by atoms with van der Waals surface area (Å²) < 4.78 is 14.9. The minimum atomic E-state index is 0.0358. The van der Waals surface area contributed by atoms with E-state index in [1.54, 1.807) is 0 Å². The van der Waals surface area contributed by atoms with Crippen LogP contribution in [0.5, 0.6) is 0 Å². The van der Waals surface area contributed by atoms with Gasteiger partial charge in [-0.1, -0.05) is 50.2 Å². The molecular weight excluding hydrogens is 360 g/mol. The Morgan fingerprint density at radius 2 is 1.97 bits per heavy atom. The van der Waals surface area contributed by atoms with Crippen LogP contribution in [-0.4, -0.2) is 28.9 Å². The molecule has 2 aromatic carbocycles. The fraction of sp³-hybridized carbons (Fsp3) is 0.480. The van der Waals surface area contributed by atoms with E-state index in [1.807, 2.05) is 25.8 Å². The van der Waals surface area contributed by atoms with Crippen LogP contribution in [0.4, 0.5) is 0 Å². The van der Waals surface area contributed by atoms with Crippen molar-refractivity contribution < 1.29 is 9.47 Å². The molecule has 1 aliphatic rings. The molecule has 4 nitrogen and oxygen atoms in total. The van der Waals surface area contributed by atoms with Crippen LogP contribution in [0.3, 0.4) is 0 Å². The van der Waals surface area contributed by atoms with Crippen LogP contribution in [0.25, 0.3) is 10.8 Å². The fourth-order valence-corrected chi connectivity index (χ4v) is 4.96. The molecule has 0 saturated heterocycles. The average molecular weight is 393 g/mol. The van der Waals surface area contributed by atoms with Crippen molar-refractivity contribution in [2.75, 3.05) is 7.11 Å². The van der Waals surface area contributed by atoms with Crippen LogP contribution in [-0.2, 0) is 16.0 Å². The summed E-state index contributed by atoms with van der Waals surface area (Å²) in [5, 5.41) is 2.52. The zero-order valence-corrected chi connectivity index (χ0v) is 17.9. The van der Waals surface area contributed by atoms with Gasteiger partial charge in [-0.3, -0.25) is 0 Å². The Labute approximate surface area is 173 Å². The van der Waals surface area contributed by atoms with Crippen LogP contribution in [0, 0.1) is 11.3 Å². The maximum atomic E-state index is 6.70. The van der Waals surface area contributed by atoms with E-state index in [-0.39, 0.29) is 29.6 Å². The molecule has 0 aliphatic heterocycles. The largest absolute Gasteiger partial charge is 0.380 e. The van der Waals surface area contributed by atoms with E-state index >= 15 is 0 Å². The number of nitrogens with zero attached hydrogens (tertiary/aromatic N) is 2. The first-order valence-corrected chi connectivity index (χ1v) is 10.6. The molecule has 154 valence electrons. The van der Waals surface area contributed by atoms with Crippen molar-refractivity contribution in [1.82, 2.24) is 9.55 Å². The number of fused-ring (bicyclic) bond motifs is 1. The van der Waals surface area contributed by atoms with Crippen molar-refractivity contribution in [1.29, 1.82) is 0 Å². The Hall–Kier alpha value is -2.17. The van der Waals surface area contributed by atoms with E-state index in [9.17, 15) is 0 Å². The second kappa shape index (κ2) is 8.29. The van der Waals surface area contributed by atoms with Crippen LogP contribution < -0.4 is 0 Å². The van der Waals surface area contributed by atoms with Gasteiger partial charge in [0.25, 0.3) is 0 Å². The molecule has 3 aromatic rings. The number of hydrogen-bond acceptors (Lipinski definition) is 3. The second-order valence-electron chi connectivity index (χ2n) is 9.03. The van der Waals surface area contributed by atoms with Gasteiger partial charge in [0.2, 0.25) is 0 Å². The molecule has 1 fully saturated rings. The quantitative estimate of drug-likeness (QED) is 0.545. The summed E-state index contributed by atoms with van der Waals surface area (Å²) in [6.07, 6.45) is 8.23. The van der Waals surface area contributed by atoms with Gasteiger partial charge in [-0.25, -0.2) is 4.98 Å². The number of benzene rings is 2. The van der Waals surface area contributed by atoms with Gasteiger partial charge in [-0.15, -0.1) is 0 Å². The first kappa shape index (κ1) is 20.1. The molecule has 4 rings (SSSR count). The highest BCUT2D eigenvalue weighted by Gasteiger charge is 2.45. The highest BCUT2D eigenvalue weighted by Crippen LogP contribution is 2.44. The van der Waals surface area contributed by atoms with Crippen molar-refractivity contribution in [2.24, 2.45) is 11.3 Å². The van der Waals surface area contributed by atoms with Crippen LogP contribution in [0.2, 0.25) is 0 Å². The van der Waals surface area contributed by atoms with E-state index < -0.39 is 0 Å². The molecule has 0 N–H and O–H groups in total. The van der Waals surface area contributed by atoms with Gasteiger partial charge in [0, 0.05) is 32.0 Å². The standard InChI is InChI=1S/C25H32N2O2/c1-18(20-10-9-19-7-5-6-8-21(19)15-20)29-23-11-12-25(2,3)24(28-4)22(23)16-27-14-13-26-17-27/h5-10,13-15,17-18,22-24H,11-12,16H2,1-4H3. The van der Waals surface area contributed by atoms with Crippen molar-refractivity contribution in [2.45, 2.75) is 58.5 Å². The summed E-state index contributed by atoms with van der Waals surface area (Å²) in [4.78, 5) is 4.22. The van der Waals surface area contributed by atoms with Gasteiger partial charge in [0.15, 0.2) is 0 Å². The normalized spacial score (nSPS) is 25.2. The molecule has 4 unspecified atom stereocenters. The summed E-state index contributed by atoms with van der Waals surface area (Å²) in [5.74, 6) is 0.279. The topological polar surface area (TPSA) is 36.3 Å². The van der Waals surface area contributed by atoms with E-state index in [1.165, 1.54) is 16.3 Å². The molecular formula is C25H32N2O2. The Balaban J connectivity index is 1.56. The van der Waals surface area contributed by atoms with Crippen LogP contribution >= 0.6 is 0 Å². The van der Waals surface area contributed by atoms with E-state index in [4.69, 9.17) is 9.47 Å². The Morgan fingerprint density at radius 3 is 2.69 bits per heavy atom. The molecule has 1 heterocycles. The van der Waals surface area contributed by atoms with E-state index in [0.29, 0.717) is 0 Å². The first-order chi connectivity index (χ1) is 14.0. The van der Waals surface area contributed by atoms with Crippen molar-refractivity contribution in [3.63, 3.8) is 0 Å². The zero-order valence-electron chi connectivity index (χ0n) is 17.9. The van der Waals surface area contributed by atoms with Crippen molar-refractivity contribution in [3.05, 3.63) is 66.7 Å². The smallest absolute Gasteiger partial charge is 0.0946 e. The van der Waals surface area contributed by atoms with Crippen molar-refractivity contribution in [3.8, 4) is 0 Å². The number of rotatable bonds is 6. The summed E-state index contributed by atoms with van der Waals surface area (Å²) in [7, 11) is 1.84. The molecule has 4 atom stereocenters. The fourth-order valence-electron chi connectivity index (χ4n) is 4.96. The summed E-state index contributed by atoms with van der Waals surface area (Å²) in [5.41, 5.74) is 1.36. The minimum absolute atomic E-state index is 0.0358. The third-order valence-electron chi connectivity index (χ3n) is 6.57. The monoisotopic (exact) mass is 392 g/mol. The predicted octanol–water partition coefficient (Wildman–Crippen LogP) is 5.63. The molecule has 0 bridgehead atoms. The lowest BCUT2D eigenvalue weighted by atomic mass is 9.68. The second-order valence-corrected chi connectivity index (χ2v) is 9.03. The van der Waals surface area contributed by atoms with Gasteiger partial charge in [0.05, 0.1) is 24.6 Å². The van der Waals surface area contributed by atoms with Crippen molar-refractivity contribution >= 4 is 10.8 Å².